The van der Waals surface area contributed by atoms with Gasteiger partial charge in [-0.05, 0) is 37.3 Å². The van der Waals surface area contributed by atoms with Crippen LogP contribution < -0.4 is 16.6 Å². The number of nitrogens with one attached hydrogen (secondary N) is 2. The van der Waals surface area contributed by atoms with Crippen LogP contribution in [0.1, 0.15) is 28.9 Å². The van der Waals surface area contributed by atoms with Gasteiger partial charge in [0.05, 0.1) is 6.04 Å². The van der Waals surface area contributed by atoms with E-state index in [0.717, 1.165) is 0 Å². The molecule has 0 radical (unpaired) electrons. The molecule has 0 spiro atoms. The summed E-state index contributed by atoms with van der Waals surface area (Å²) in [5.74, 6) is 4.67. The molecule has 0 fully saturated rings. The number of carbonyl (C=O) groups excluding carboxylic acids is 1. The first-order valence-corrected chi connectivity index (χ1v) is 6.24. The van der Waals surface area contributed by atoms with Gasteiger partial charge in [0.2, 0.25) is 0 Å². The number of amides is 1. The van der Waals surface area contributed by atoms with E-state index < -0.39 is 6.04 Å². The van der Waals surface area contributed by atoms with Crippen LogP contribution >= 0.6 is 0 Å². The number of nitrogen functional groups attached to an aromatic ring is 1. The van der Waals surface area contributed by atoms with Crippen LogP contribution in [0.3, 0.4) is 0 Å². The van der Waals surface area contributed by atoms with E-state index in [0.29, 0.717) is 16.8 Å². The minimum atomic E-state index is -0.406. The first-order chi connectivity index (χ1) is 9.61. The molecule has 0 aliphatic carbocycles. The highest BCUT2D eigenvalue weighted by molar-refractivity contribution is 5.94. The molecule has 1 atom stereocenters. The smallest absolute Gasteiger partial charge is 0.251 e. The van der Waals surface area contributed by atoms with Gasteiger partial charge in [-0.2, -0.15) is 0 Å². The van der Waals surface area contributed by atoms with E-state index in [1.807, 2.05) is 0 Å². The summed E-state index contributed by atoms with van der Waals surface area (Å²) in [5, 5.41) is 2.76. The van der Waals surface area contributed by atoms with Gasteiger partial charge in [-0.3, -0.25) is 10.6 Å². The minimum Gasteiger partial charge on any atom is -0.345 e. The van der Waals surface area contributed by atoms with Gasteiger partial charge in [-0.15, -0.1) is 0 Å². The molecular weight excluding hydrogens is 257 g/mol. The Morgan fingerprint density at radius 1 is 1.15 bits per heavy atom. The van der Waals surface area contributed by atoms with E-state index in [1.54, 1.807) is 49.4 Å². The minimum absolute atomic E-state index is 0.260. The van der Waals surface area contributed by atoms with Crippen LogP contribution in [-0.2, 0) is 0 Å². The van der Waals surface area contributed by atoms with Crippen molar-refractivity contribution in [2.24, 2.45) is 5.84 Å². The number of benzene rings is 2. The van der Waals surface area contributed by atoms with Gasteiger partial charge in [0.15, 0.2) is 0 Å². The highest BCUT2D eigenvalue weighted by atomic mass is 19.1. The second-order valence-electron chi connectivity index (χ2n) is 4.44. The van der Waals surface area contributed by atoms with Crippen molar-refractivity contribution in [1.82, 2.24) is 5.32 Å². The average Bonchev–Trinajstić information content (AvgIpc) is 2.47. The fraction of sp³-hybridized carbons (Fsp3) is 0.133. The van der Waals surface area contributed by atoms with Crippen LogP contribution in [0.15, 0.2) is 48.5 Å². The Labute approximate surface area is 116 Å². The first-order valence-electron chi connectivity index (χ1n) is 6.24. The molecule has 0 saturated carbocycles. The second-order valence-corrected chi connectivity index (χ2v) is 4.44. The van der Waals surface area contributed by atoms with Crippen molar-refractivity contribution < 1.29 is 9.18 Å². The molecule has 2 rings (SSSR count). The third-order valence-electron chi connectivity index (χ3n) is 3.03. The highest BCUT2D eigenvalue weighted by Gasteiger charge is 2.14. The molecule has 4 N–H and O–H groups in total. The number of carbonyl (C=O) groups is 1. The van der Waals surface area contributed by atoms with Crippen LogP contribution in [0, 0.1) is 5.82 Å². The summed E-state index contributed by atoms with van der Waals surface area (Å²) in [6.45, 7) is 1.74. The summed E-state index contributed by atoms with van der Waals surface area (Å²) < 4.78 is 13.6. The lowest BCUT2D eigenvalue weighted by Crippen LogP contribution is -2.27. The van der Waals surface area contributed by atoms with E-state index in [-0.39, 0.29) is 11.7 Å². The Morgan fingerprint density at radius 2 is 1.80 bits per heavy atom. The van der Waals surface area contributed by atoms with Gasteiger partial charge in [0, 0.05) is 16.8 Å². The van der Waals surface area contributed by atoms with Crippen LogP contribution in [-0.4, -0.2) is 5.91 Å². The summed E-state index contributed by atoms with van der Waals surface area (Å²) in [4.78, 5) is 12.1. The Kier molecular flexibility index (Phi) is 4.32. The molecule has 0 aliphatic heterocycles. The molecule has 0 aromatic heterocycles. The maximum Gasteiger partial charge on any atom is 0.251 e. The summed E-state index contributed by atoms with van der Waals surface area (Å²) >= 11 is 0. The van der Waals surface area contributed by atoms with E-state index in [1.165, 1.54) is 6.07 Å². The monoisotopic (exact) mass is 273 g/mol. The number of rotatable bonds is 4. The molecule has 2 aromatic carbocycles. The zero-order valence-corrected chi connectivity index (χ0v) is 11.1. The molecular formula is C15H16FN3O. The van der Waals surface area contributed by atoms with Crippen molar-refractivity contribution in [2.45, 2.75) is 13.0 Å². The van der Waals surface area contributed by atoms with Crippen molar-refractivity contribution in [1.29, 1.82) is 0 Å². The number of nitrogens with two attached hydrogens (primary N) is 1. The molecule has 0 saturated heterocycles. The van der Waals surface area contributed by atoms with Crippen LogP contribution in [0.5, 0.6) is 0 Å². The van der Waals surface area contributed by atoms with Crippen molar-refractivity contribution in [3.8, 4) is 0 Å². The van der Waals surface area contributed by atoms with E-state index in [2.05, 4.69) is 10.7 Å². The lowest BCUT2D eigenvalue weighted by molar-refractivity contribution is 0.0939. The average molecular weight is 273 g/mol. The third-order valence-corrected chi connectivity index (χ3v) is 3.03. The Morgan fingerprint density at radius 3 is 2.40 bits per heavy atom. The van der Waals surface area contributed by atoms with Crippen LogP contribution in [0.25, 0.3) is 0 Å². The van der Waals surface area contributed by atoms with Gasteiger partial charge < -0.3 is 10.7 Å². The summed E-state index contributed by atoms with van der Waals surface area (Å²) in [6, 6.07) is 12.7. The van der Waals surface area contributed by atoms with Gasteiger partial charge in [0.1, 0.15) is 5.82 Å². The van der Waals surface area contributed by atoms with Crippen LogP contribution in [0.2, 0.25) is 0 Å². The lowest BCUT2D eigenvalue weighted by Gasteiger charge is -2.15. The SMILES string of the molecule is CC(NC(=O)c1ccc(NN)cc1)c1ccccc1F. The maximum absolute atomic E-state index is 13.6. The predicted molar refractivity (Wildman–Crippen MR) is 76.5 cm³/mol. The van der Waals surface area contributed by atoms with Crippen molar-refractivity contribution in [3.63, 3.8) is 0 Å². The highest BCUT2D eigenvalue weighted by Crippen LogP contribution is 2.17. The standard InChI is InChI=1S/C15H16FN3O/c1-10(13-4-2-3-5-14(13)16)18-15(20)11-6-8-12(19-17)9-7-11/h2-10,19H,17H2,1H3,(H,18,20). The zero-order valence-electron chi connectivity index (χ0n) is 11.1. The molecule has 5 heteroatoms. The predicted octanol–water partition coefficient (Wildman–Crippen LogP) is 2.60. The Bertz CT molecular complexity index is 598. The van der Waals surface area contributed by atoms with E-state index >= 15 is 0 Å². The van der Waals surface area contributed by atoms with Crippen molar-refractivity contribution >= 4 is 11.6 Å². The summed E-state index contributed by atoms with van der Waals surface area (Å²) in [5.41, 5.74) is 4.15. The quantitative estimate of drug-likeness (QED) is 0.592. The molecule has 1 amide bonds. The van der Waals surface area contributed by atoms with Gasteiger partial charge in [-0.1, -0.05) is 18.2 Å². The Hall–Kier alpha value is -2.40. The molecule has 20 heavy (non-hydrogen) atoms. The Balaban J connectivity index is 2.09. The first kappa shape index (κ1) is 14.0. The van der Waals surface area contributed by atoms with Crippen molar-refractivity contribution in [3.05, 3.63) is 65.5 Å². The molecule has 0 aliphatic rings. The van der Waals surface area contributed by atoms with Gasteiger partial charge in [-0.25, -0.2) is 4.39 Å². The number of anilines is 1. The van der Waals surface area contributed by atoms with E-state index in [4.69, 9.17) is 5.84 Å². The van der Waals surface area contributed by atoms with Crippen molar-refractivity contribution in [2.75, 3.05) is 5.43 Å². The fourth-order valence-electron chi connectivity index (χ4n) is 1.90. The number of halogens is 1. The zero-order chi connectivity index (χ0) is 14.5. The molecule has 1 unspecified atom stereocenters. The maximum atomic E-state index is 13.6. The molecule has 0 heterocycles. The second kappa shape index (κ2) is 6.16. The van der Waals surface area contributed by atoms with Gasteiger partial charge in [0.25, 0.3) is 5.91 Å². The van der Waals surface area contributed by atoms with E-state index in [9.17, 15) is 9.18 Å². The van der Waals surface area contributed by atoms with Crippen LogP contribution in [0.4, 0.5) is 10.1 Å². The number of hydrogen-bond donors (Lipinski definition) is 3. The molecule has 2 aromatic rings. The number of hydrogen-bond acceptors (Lipinski definition) is 3. The summed E-state index contributed by atoms with van der Waals surface area (Å²) in [7, 11) is 0. The topological polar surface area (TPSA) is 67.2 Å². The third kappa shape index (κ3) is 3.13. The normalized spacial score (nSPS) is 11.8. The fourth-order valence-corrected chi connectivity index (χ4v) is 1.90. The molecule has 4 nitrogen and oxygen atoms in total. The lowest BCUT2D eigenvalue weighted by atomic mass is 10.1. The molecule has 104 valence electrons. The molecule has 0 bridgehead atoms. The number of hydrazine groups is 1. The van der Waals surface area contributed by atoms with Gasteiger partial charge >= 0.3 is 0 Å². The summed E-state index contributed by atoms with van der Waals surface area (Å²) in [6.07, 6.45) is 0. The largest absolute Gasteiger partial charge is 0.345 e.